The molecule has 0 aromatic carbocycles. The van der Waals surface area contributed by atoms with Crippen molar-refractivity contribution in [3.63, 3.8) is 0 Å². The standard InChI is InChI=1S/C15H25NOS/c1-3-17-14-10-12(11-14)9-13(16-2)6-7-15-5-4-8-18-15/h4-5,8,12-14,16H,3,6-7,9-11H2,1-2H3. The lowest BCUT2D eigenvalue weighted by atomic mass is 9.77. The molecule has 1 aromatic heterocycles. The molecule has 1 unspecified atom stereocenters. The molecule has 1 saturated carbocycles. The third kappa shape index (κ3) is 4.08. The first-order valence-electron chi connectivity index (χ1n) is 7.13. The van der Waals surface area contributed by atoms with Crippen molar-refractivity contribution in [2.24, 2.45) is 5.92 Å². The van der Waals surface area contributed by atoms with Crippen molar-refractivity contribution in [3.05, 3.63) is 22.4 Å². The Morgan fingerprint density at radius 3 is 2.94 bits per heavy atom. The highest BCUT2D eigenvalue weighted by Crippen LogP contribution is 2.34. The Hall–Kier alpha value is -0.380. The van der Waals surface area contributed by atoms with E-state index >= 15 is 0 Å². The number of nitrogens with one attached hydrogen (secondary N) is 1. The van der Waals surface area contributed by atoms with Gasteiger partial charge in [-0.1, -0.05) is 6.07 Å². The van der Waals surface area contributed by atoms with Crippen LogP contribution in [-0.2, 0) is 11.2 Å². The zero-order valence-electron chi connectivity index (χ0n) is 11.5. The van der Waals surface area contributed by atoms with Crippen LogP contribution in [0.15, 0.2) is 17.5 Å². The molecule has 1 aliphatic carbocycles. The summed E-state index contributed by atoms with van der Waals surface area (Å²) >= 11 is 1.87. The molecule has 1 heterocycles. The van der Waals surface area contributed by atoms with Crippen molar-refractivity contribution < 1.29 is 4.74 Å². The van der Waals surface area contributed by atoms with Gasteiger partial charge in [-0.25, -0.2) is 0 Å². The molecule has 102 valence electrons. The van der Waals surface area contributed by atoms with E-state index in [0.29, 0.717) is 12.1 Å². The molecular formula is C15H25NOS. The Bertz CT molecular complexity index is 319. The third-order valence-corrected chi connectivity index (χ3v) is 4.88. The quantitative estimate of drug-likeness (QED) is 0.778. The molecule has 2 nitrogen and oxygen atoms in total. The summed E-state index contributed by atoms with van der Waals surface area (Å²) in [4.78, 5) is 1.51. The van der Waals surface area contributed by atoms with Crippen LogP contribution in [0.5, 0.6) is 0 Å². The van der Waals surface area contributed by atoms with Gasteiger partial charge < -0.3 is 10.1 Å². The highest BCUT2D eigenvalue weighted by molar-refractivity contribution is 7.09. The van der Waals surface area contributed by atoms with E-state index < -0.39 is 0 Å². The minimum Gasteiger partial charge on any atom is -0.378 e. The molecule has 0 amide bonds. The minimum absolute atomic E-state index is 0.551. The third-order valence-electron chi connectivity index (χ3n) is 3.94. The van der Waals surface area contributed by atoms with E-state index in [1.165, 1.54) is 37.0 Å². The lowest BCUT2D eigenvalue weighted by Crippen LogP contribution is -2.37. The van der Waals surface area contributed by atoms with E-state index in [-0.39, 0.29) is 0 Å². The van der Waals surface area contributed by atoms with Crippen LogP contribution in [0.1, 0.15) is 37.5 Å². The highest BCUT2D eigenvalue weighted by Gasteiger charge is 2.30. The fourth-order valence-corrected chi connectivity index (χ4v) is 3.52. The number of aryl methyl sites for hydroxylation is 1. The van der Waals surface area contributed by atoms with Crippen LogP contribution >= 0.6 is 11.3 Å². The Morgan fingerprint density at radius 1 is 1.50 bits per heavy atom. The maximum atomic E-state index is 5.62. The Kier molecular flexibility index (Phi) is 5.67. The smallest absolute Gasteiger partial charge is 0.0580 e. The zero-order valence-corrected chi connectivity index (χ0v) is 12.3. The van der Waals surface area contributed by atoms with Gasteiger partial charge in [0.2, 0.25) is 0 Å². The van der Waals surface area contributed by atoms with Crippen LogP contribution in [0.2, 0.25) is 0 Å². The molecule has 0 saturated heterocycles. The predicted octanol–water partition coefficient (Wildman–Crippen LogP) is 3.47. The van der Waals surface area contributed by atoms with E-state index in [2.05, 4.69) is 36.8 Å². The summed E-state index contributed by atoms with van der Waals surface area (Å²) in [7, 11) is 2.10. The second-order valence-electron chi connectivity index (χ2n) is 5.25. The van der Waals surface area contributed by atoms with Gasteiger partial charge in [0.15, 0.2) is 0 Å². The van der Waals surface area contributed by atoms with Crippen LogP contribution in [-0.4, -0.2) is 25.8 Å². The topological polar surface area (TPSA) is 21.3 Å². The van der Waals surface area contributed by atoms with Crippen LogP contribution < -0.4 is 5.32 Å². The molecule has 0 aliphatic heterocycles. The largest absolute Gasteiger partial charge is 0.378 e. The molecule has 1 atom stereocenters. The van der Waals surface area contributed by atoms with Crippen molar-refractivity contribution in [1.29, 1.82) is 0 Å². The van der Waals surface area contributed by atoms with Crippen molar-refractivity contribution in [2.45, 2.75) is 51.2 Å². The van der Waals surface area contributed by atoms with Gasteiger partial charge in [0.05, 0.1) is 6.10 Å². The maximum absolute atomic E-state index is 5.62. The Labute approximate surface area is 115 Å². The Morgan fingerprint density at radius 2 is 2.33 bits per heavy atom. The summed E-state index contributed by atoms with van der Waals surface area (Å²) in [5.41, 5.74) is 0. The number of rotatable bonds is 8. The van der Waals surface area contributed by atoms with Crippen molar-refractivity contribution in [1.82, 2.24) is 5.32 Å². The molecule has 1 N–H and O–H groups in total. The molecule has 1 aromatic rings. The average molecular weight is 267 g/mol. The molecule has 1 fully saturated rings. The summed E-state index contributed by atoms with van der Waals surface area (Å²) in [6.45, 7) is 2.95. The normalized spacial score (nSPS) is 24.8. The maximum Gasteiger partial charge on any atom is 0.0580 e. The molecule has 0 bridgehead atoms. The van der Waals surface area contributed by atoms with E-state index in [4.69, 9.17) is 4.74 Å². The second-order valence-corrected chi connectivity index (χ2v) is 6.29. The van der Waals surface area contributed by atoms with Crippen LogP contribution in [0.25, 0.3) is 0 Å². The molecule has 0 radical (unpaired) electrons. The van der Waals surface area contributed by atoms with Crippen LogP contribution in [0, 0.1) is 5.92 Å². The molecule has 18 heavy (non-hydrogen) atoms. The number of ether oxygens (including phenoxy) is 1. The second kappa shape index (κ2) is 7.27. The molecule has 0 spiro atoms. The van der Waals surface area contributed by atoms with Gasteiger partial charge in [0, 0.05) is 17.5 Å². The van der Waals surface area contributed by atoms with Crippen molar-refractivity contribution >= 4 is 11.3 Å². The summed E-state index contributed by atoms with van der Waals surface area (Å²) in [5.74, 6) is 0.877. The summed E-state index contributed by atoms with van der Waals surface area (Å²) in [6, 6.07) is 5.05. The first-order valence-corrected chi connectivity index (χ1v) is 8.01. The molecule has 2 rings (SSSR count). The monoisotopic (exact) mass is 267 g/mol. The lowest BCUT2D eigenvalue weighted by molar-refractivity contribution is -0.0290. The summed E-state index contributed by atoms with van der Waals surface area (Å²) < 4.78 is 5.62. The minimum atomic E-state index is 0.551. The molecule has 3 heteroatoms. The van der Waals surface area contributed by atoms with Gasteiger partial charge in [-0.05, 0) is 63.4 Å². The first-order chi connectivity index (χ1) is 8.81. The van der Waals surface area contributed by atoms with Crippen LogP contribution in [0.3, 0.4) is 0 Å². The van der Waals surface area contributed by atoms with Gasteiger partial charge in [-0.3, -0.25) is 0 Å². The van der Waals surface area contributed by atoms with E-state index in [9.17, 15) is 0 Å². The van der Waals surface area contributed by atoms with Gasteiger partial charge in [-0.2, -0.15) is 0 Å². The average Bonchev–Trinajstić information content (AvgIpc) is 2.84. The molecule has 1 aliphatic rings. The first kappa shape index (κ1) is 14.0. The summed E-state index contributed by atoms with van der Waals surface area (Å²) in [5, 5.41) is 5.64. The fourth-order valence-electron chi connectivity index (χ4n) is 2.79. The SMILES string of the molecule is CCOC1CC(CC(CCc2cccs2)NC)C1. The predicted molar refractivity (Wildman–Crippen MR) is 78.2 cm³/mol. The van der Waals surface area contributed by atoms with E-state index in [0.717, 1.165) is 12.5 Å². The number of hydrogen-bond acceptors (Lipinski definition) is 3. The van der Waals surface area contributed by atoms with E-state index in [1.807, 2.05) is 11.3 Å². The highest BCUT2D eigenvalue weighted by atomic mass is 32.1. The van der Waals surface area contributed by atoms with Gasteiger partial charge in [0.25, 0.3) is 0 Å². The lowest BCUT2D eigenvalue weighted by Gasteiger charge is -2.37. The molecular weight excluding hydrogens is 242 g/mol. The number of thiophene rings is 1. The van der Waals surface area contributed by atoms with E-state index in [1.54, 1.807) is 0 Å². The van der Waals surface area contributed by atoms with Gasteiger partial charge in [0.1, 0.15) is 0 Å². The Balaban J connectivity index is 1.64. The van der Waals surface area contributed by atoms with Crippen LogP contribution in [0.4, 0.5) is 0 Å². The zero-order chi connectivity index (χ0) is 12.8. The van der Waals surface area contributed by atoms with Crippen molar-refractivity contribution in [2.75, 3.05) is 13.7 Å². The summed E-state index contributed by atoms with van der Waals surface area (Å²) in [6.07, 6.45) is 6.87. The van der Waals surface area contributed by atoms with Crippen molar-refractivity contribution in [3.8, 4) is 0 Å². The number of hydrogen-bond donors (Lipinski definition) is 1. The van der Waals surface area contributed by atoms with Gasteiger partial charge >= 0.3 is 0 Å². The fraction of sp³-hybridized carbons (Fsp3) is 0.733. The van der Waals surface area contributed by atoms with Gasteiger partial charge in [-0.15, -0.1) is 11.3 Å².